The molecule has 0 unspecified atom stereocenters. The van der Waals surface area contributed by atoms with Crippen LogP contribution in [0.2, 0.25) is 0 Å². The Labute approximate surface area is 149 Å². The first-order valence-electron chi connectivity index (χ1n) is 8.78. The molecule has 1 fully saturated rings. The number of carbonyl (C=O) groups excluding carboxylic acids is 1. The highest BCUT2D eigenvalue weighted by Crippen LogP contribution is 2.39. The molecule has 1 aliphatic rings. The van der Waals surface area contributed by atoms with E-state index in [0.29, 0.717) is 13.0 Å². The van der Waals surface area contributed by atoms with E-state index in [1.54, 1.807) is 0 Å². The number of hydrogen-bond acceptors (Lipinski definition) is 2. The summed E-state index contributed by atoms with van der Waals surface area (Å²) in [6.07, 6.45) is 2.95. The highest BCUT2D eigenvalue weighted by Gasteiger charge is 2.42. The SMILES string of the molecule is C=CC[C@]1(c2ccccc2)CCN([C@@H](C)c2ccc(C)cc2)C(=O)O1. The number of rotatable bonds is 5. The van der Waals surface area contributed by atoms with Gasteiger partial charge in [0.25, 0.3) is 0 Å². The maximum absolute atomic E-state index is 12.8. The zero-order valence-electron chi connectivity index (χ0n) is 14.9. The third kappa shape index (κ3) is 3.46. The molecule has 2 atom stereocenters. The molecule has 2 aromatic rings. The quantitative estimate of drug-likeness (QED) is 0.688. The molecule has 1 heterocycles. The molecule has 0 spiro atoms. The van der Waals surface area contributed by atoms with Crippen molar-refractivity contribution in [1.29, 1.82) is 0 Å². The summed E-state index contributed by atoms with van der Waals surface area (Å²) >= 11 is 0. The first-order valence-corrected chi connectivity index (χ1v) is 8.78. The van der Waals surface area contributed by atoms with Crippen molar-refractivity contribution in [3.63, 3.8) is 0 Å². The Balaban J connectivity index is 1.82. The average Bonchev–Trinajstić information content (AvgIpc) is 2.63. The molecule has 3 heteroatoms. The Morgan fingerprint density at radius 2 is 1.88 bits per heavy atom. The van der Waals surface area contributed by atoms with Gasteiger partial charge in [-0.1, -0.05) is 66.2 Å². The minimum Gasteiger partial charge on any atom is -0.437 e. The maximum Gasteiger partial charge on any atom is 0.411 e. The van der Waals surface area contributed by atoms with Crippen LogP contribution in [-0.4, -0.2) is 17.5 Å². The minimum atomic E-state index is -0.608. The number of benzene rings is 2. The lowest BCUT2D eigenvalue weighted by Crippen LogP contribution is -2.48. The summed E-state index contributed by atoms with van der Waals surface area (Å²) < 4.78 is 6.00. The monoisotopic (exact) mass is 335 g/mol. The first-order chi connectivity index (χ1) is 12.1. The third-order valence-corrected chi connectivity index (χ3v) is 5.07. The average molecular weight is 335 g/mol. The zero-order valence-corrected chi connectivity index (χ0v) is 14.9. The lowest BCUT2D eigenvalue weighted by Gasteiger charge is -2.43. The van der Waals surface area contributed by atoms with Crippen molar-refractivity contribution in [2.24, 2.45) is 0 Å². The van der Waals surface area contributed by atoms with Crippen LogP contribution in [0.1, 0.15) is 42.5 Å². The number of ether oxygens (including phenoxy) is 1. The summed E-state index contributed by atoms with van der Waals surface area (Å²) in [7, 11) is 0. The van der Waals surface area contributed by atoms with E-state index in [9.17, 15) is 4.79 Å². The first kappa shape index (κ1) is 17.3. The highest BCUT2D eigenvalue weighted by atomic mass is 16.6. The Morgan fingerprint density at radius 1 is 1.20 bits per heavy atom. The van der Waals surface area contributed by atoms with Gasteiger partial charge in [0, 0.05) is 19.4 Å². The van der Waals surface area contributed by atoms with E-state index in [4.69, 9.17) is 4.74 Å². The van der Waals surface area contributed by atoms with E-state index in [-0.39, 0.29) is 12.1 Å². The van der Waals surface area contributed by atoms with E-state index in [2.05, 4.69) is 44.7 Å². The number of cyclic esters (lactones) is 1. The van der Waals surface area contributed by atoms with Crippen molar-refractivity contribution in [3.8, 4) is 0 Å². The van der Waals surface area contributed by atoms with Crippen molar-refractivity contribution in [3.05, 3.63) is 83.9 Å². The van der Waals surface area contributed by atoms with Crippen LogP contribution in [-0.2, 0) is 10.3 Å². The van der Waals surface area contributed by atoms with Crippen molar-refractivity contribution < 1.29 is 9.53 Å². The lowest BCUT2D eigenvalue weighted by atomic mass is 9.85. The molecule has 25 heavy (non-hydrogen) atoms. The molecule has 0 radical (unpaired) electrons. The van der Waals surface area contributed by atoms with Gasteiger partial charge in [-0.2, -0.15) is 0 Å². The van der Waals surface area contributed by atoms with E-state index in [1.165, 1.54) is 5.56 Å². The predicted octanol–water partition coefficient (Wildman–Crippen LogP) is 5.37. The molecule has 130 valence electrons. The van der Waals surface area contributed by atoms with Gasteiger partial charge in [0.05, 0.1) is 6.04 Å². The molecule has 2 aromatic carbocycles. The molecule has 1 amide bonds. The van der Waals surface area contributed by atoms with Gasteiger partial charge in [-0.25, -0.2) is 4.79 Å². The second kappa shape index (κ2) is 7.14. The fourth-order valence-electron chi connectivity index (χ4n) is 3.49. The minimum absolute atomic E-state index is 0.00870. The Hall–Kier alpha value is -2.55. The predicted molar refractivity (Wildman–Crippen MR) is 100 cm³/mol. The topological polar surface area (TPSA) is 29.5 Å². The molecule has 0 N–H and O–H groups in total. The van der Waals surface area contributed by atoms with Gasteiger partial charge in [-0.15, -0.1) is 6.58 Å². The van der Waals surface area contributed by atoms with Gasteiger partial charge < -0.3 is 9.64 Å². The molecule has 3 nitrogen and oxygen atoms in total. The van der Waals surface area contributed by atoms with E-state index in [1.807, 2.05) is 41.3 Å². The zero-order chi connectivity index (χ0) is 17.9. The van der Waals surface area contributed by atoms with Crippen molar-refractivity contribution in [2.45, 2.75) is 38.3 Å². The molecule has 0 bridgehead atoms. The van der Waals surface area contributed by atoms with E-state index < -0.39 is 5.60 Å². The summed E-state index contributed by atoms with van der Waals surface area (Å²) in [5, 5.41) is 0. The van der Waals surface area contributed by atoms with Crippen LogP contribution in [0.25, 0.3) is 0 Å². The third-order valence-electron chi connectivity index (χ3n) is 5.07. The van der Waals surface area contributed by atoms with Gasteiger partial charge in [0.1, 0.15) is 5.60 Å². The summed E-state index contributed by atoms with van der Waals surface area (Å²) in [6.45, 7) is 8.63. The van der Waals surface area contributed by atoms with Gasteiger partial charge >= 0.3 is 6.09 Å². The summed E-state index contributed by atoms with van der Waals surface area (Å²) in [4.78, 5) is 14.6. The van der Waals surface area contributed by atoms with Crippen molar-refractivity contribution in [2.75, 3.05) is 6.54 Å². The summed E-state index contributed by atoms with van der Waals surface area (Å²) in [5.74, 6) is 0. The number of nitrogens with zero attached hydrogens (tertiary/aromatic N) is 1. The van der Waals surface area contributed by atoms with Crippen LogP contribution >= 0.6 is 0 Å². The number of amides is 1. The van der Waals surface area contributed by atoms with Crippen LogP contribution in [0, 0.1) is 6.92 Å². The second-order valence-corrected chi connectivity index (χ2v) is 6.75. The van der Waals surface area contributed by atoms with Crippen LogP contribution in [0.5, 0.6) is 0 Å². The van der Waals surface area contributed by atoms with Crippen LogP contribution in [0.15, 0.2) is 67.3 Å². The van der Waals surface area contributed by atoms with Crippen molar-refractivity contribution >= 4 is 6.09 Å². The maximum atomic E-state index is 12.8. The molecule has 0 aromatic heterocycles. The van der Waals surface area contributed by atoms with Crippen molar-refractivity contribution in [1.82, 2.24) is 4.90 Å². The molecule has 0 saturated carbocycles. The standard InChI is InChI=1S/C22H25NO2/c1-4-14-22(20-8-6-5-7-9-20)15-16-23(21(24)25-22)18(3)19-12-10-17(2)11-13-19/h4-13,18H,1,14-16H2,2-3H3/t18-,22+/m0/s1. The van der Waals surface area contributed by atoms with Crippen LogP contribution < -0.4 is 0 Å². The van der Waals surface area contributed by atoms with Crippen LogP contribution in [0.4, 0.5) is 4.79 Å². The summed E-state index contributed by atoms with van der Waals surface area (Å²) in [5.41, 5.74) is 2.76. The molecule has 1 saturated heterocycles. The van der Waals surface area contributed by atoms with E-state index >= 15 is 0 Å². The Morgan fingerprint density at radius 3 is 2.48 bits per heavy atom. The van der Waals surface area contributed by atoms with E-state index in [0.717, 1.165) is 17.5 Å². The van der Waals surface area contributed by atoms with Gasteiger partial charge in [-0.3, -0.25) is 0 Å². The fraction of sp³-hybridized carbons (Fsp3) is 0.318. The van der Waals surface area contributed by atoms with Gasteiger partial charge in [-0.05, 0) is 25.0 Å². The van der Waals surface area contributed by atoms with Crippen LogP contribution in [0.3, 0.4) is 0 Å². The Bertz CT molecular complexity index is 738. The molecule has 0 aliphatic carbocycles. The highest BCUT2D eigenvalue weighted by molar-refractivity contribution is 5.70. The van der Waals surface area contributed by atoms with Gasteiger partial charge in [0.15, 0.2) is 0 Å². The lowest BCUT2D eigenvalue weighted by molar-refractivity contribution is -0.0588. The smallest absolute Gasteiger partial charge is 0.411 e. The molecular formula is C22H25NO2. The molecule has 3 rings (SSSR count). The number of aryl methyl sites for hydroxylation is 1. The number of carbonyl (C=O) groups is 1. The largest absolute Gasteiger partial charge is 0.437 e. The molecular weight excluding hydrogens is 310 g/mol. The fourth-order valence-corrected chi connectivity index (χ4v) is 3.49. The second-order valence-electron chi connectivity index (χ2n) is 6.75. The van der Waals surface area contributed by atoms with Gasteiger partial charge in [0.2, 0.25) is 0 Å². The summed E-state index contributed by atoms with van der Waals surface area (Å²) in [6, 6.07) is 18.3. The Kier molecular flexibility index (Phi) is 4.93. The normalized spacial score (nSPS) is 21.5. The molecule has 1 aliphatic heterocycles. The number of hydrogen-bond donors (Lipinski definition) is 0.